The first-order valence-corrected chi connectivity index (χ1v) is 3.61. The Morgan fingerprint density at radius 1 is 1.50 bits per heavy atom. The molecule has 2 nitrogen and oxygen atoms in total. The Morgan fingerprint density at radius 3 is 2.25 bits per heavy atom. The molecule has 0 aromatic carbocycles. The Balaban J connectivity index is 3.19. The van der Waals surface area contributed by atoms with Gasteiger partial charge in [0.2, 0.25) is 0 Å². The van der Waals surface area contributed by atoms with Gasteiger partial charge < -0.3 is 0 Å². The summed E-state index contributed by atoms with van der Waals surface area (Å²) in [5.74, 6) is 0.947. The van der Waals surface area contributed by atoms with E-state index >= 15 is 0 Å². The molecule has 0 spiro atoms. The van der Waals surface area contributed by atoms with Crippen LogP contribution in [-0.2, 0) is 0 Å². The van der Waals surface area contributed by atoms with Gasteiger partial charge in [0.05, 0.1) is 0 Å². The van der Waals surface area contributed by atoms with E-state index in [0.717, 1.165) is 11.5 Å². The van der Waals surface area contributed by atoms with E-state index in [1.165, 1.54) is 4.35 Å². The van der Waals surface area contributed by atoms with Crippen LogP contribution in [-0.4, -0.2) is 22.0 Å². The maximum atomic E-state index is 4.86. The molecule has 0 N–H and O–H groups in total. The van der Waals surface area contributed by atoms with Crippen LogP contribution in [0.4, 0.5) is 0 Å². The van der Waals surface area contributed by atoms with Gasteiger partial charge in [-0.3, -0.25) is 0 Å². The van der Waals surface area contributed by atoms with Crippen LogP contribution >= 0.6 is 0 Å². The van der Waals surface area contributed by atoms with Crippen LogP contribution in [0.15, 0.2) is 4.52 Å². The van der Waals surface area contributed by atoms with Gasteiger partial charge in [-0.05, 0) is 0 Å². The Hall–Kier alpha value is -0.232. The number of hydrogen-bond donors (Lipinski definition) is 0. The molecule has 0 bridgehead atoms. The molecule has 1 atom stereocenters. The zero-order valence-corrected chi connectivity index (χ0v) is 7.36. The first-order chi connectivity index (χ1) is 3.72. The molecule has 0 saturated carbocycles. The van der Waals surface area contributed by atoms with Crippen molar-refractivity contribution in [2.75, 3.05) is 0 Å². The number of aryl methyl sites for hydroxylation is 2. The van der Waals surface area contributed by atoms with Crippen molar-refractivity contribution >= 4 is 21.2 Å². The SMILES string of the molecule is Cc1noc(C)c1[AsH2]. The van der Waals surface area contributed by atoms with Gasteiger partial charge in [-0.25, -0.2) is 0 Å². The Labute approximate surface area is 56.7 Å². The van der Waals surface area contributed by atoms with Crippen molar-refractivity contribution in [1.82, 2.24) is 5.16 Å². The maximum absolute atomic E-state index is 4.86. The molecule has 0 fully saturated rings. The fourth-order valence-corrected chi connectivity index (χ4v) is 0.711. The second-order valence-electron chi connectivity index (χ2n) is 1.74. The molecule has 0 aliphatic carbocycles. The normalized spacial score (nSPS) is 9.88. The number of hydrogen-bond acceptors (Lipinski definition) is 2. The van der Waals surface area contributed by atoms with Crippen molar-refractivity contribution in [3.8, 4) is 0 Å². The van der Waals surface area contributed by atoms with Gasteiger partial charge in [-0.15, -0.1) is 0 Å². The van der Waals surface area contributed by atoms with Crippen molar-refractivity contribution in [2.45, 2.75) is 13.8 Å². The average molecular weight is 173 g/mol. The average Bonchev–Trinajstić information content (AvgIpc) is 1.98. The van der Waals surface area contributed by atoms with Gasteiger partial charge >= 0.3 is 56.2 Å². The summed E-state index contributed by atoms with van der Waals surface area (Å²) in [6.45, 7) is 3.88. The summed E-state index contributed by atoms with van der Waals surface area (Å²) in [4.78, 5) is 0. The summed E-state index contributed by atoms with van der Waals surface area (Å²) < 4.78 is 6.08. The molecule has 0 amide bonds. The first kappa shape index (κ1) is 5.90. The molecule has 3 heteroatoms. The van der Waals surface area contributed by atoms with E-state index in [4.69, 9.17) is 4.52 Å². The fourth-order valence-electron chi connectivity index (χ4n) is 0.490. The van der Waals surface area contributed by atoms with Crippen molar-refractivity contribution in [1.29, 1.82) is 0 Å². The molecule has 0 aliphatic heterocycles. The quantitative estimate of drug-likeness (QED) is 0.496. The summed E-state index contributed by atoms with van der Waals surface area (Å²) in [7, 11) is 0. The molecular weight excluding hydrogens is 165 g/mol. The van der Waals surface area contributed by atoms with Crippen molar-refractivity contribution < 1.29 is 4.52 Å². The van der Waals surface area contributed by atoms with Gasteiger partial charge in [-0.1, -0.05) is 0 Å². The molecule has 0 saturated heterocycles. The molecule has 1 unspecified atom stereocenters. The van der Waals surface area contributed by atoms with Gasteiger partial charge in [0, 0.05) is 0 Å². The molecule has 1 rings (SSSR count). The minimum absolute atomic E-state index is 0.947. The van der Waals surface area contributed by atoms with E-state index in [2.05, 4.69) is 5.16 Å². The molecule has 1 aromatic heterocycles. The summed E-state index contributed by atoms with van der Waals surface area (Å²) >= 11 is 1.57. The second-order valence-corrected chi connectivity index (χ2v) is 2.95. The Kier molecular flexibility index (Phi) is 1.43. The van der Waals surface area contributed by atoms with Crippen LogP contribution in [0.25, 0.3) is 0 Å². The predicted octanol–water partition coefficient (Wildman–Crippen LogP) is -0.450. The van der Waals surface area contributed by atoms with Crippen LogP contribution in [0.5, 0.6) is 0 Å². The first-order valence-electron chi connectivity index (χ1n) is 2.40. The summed E-state index contributed by atoms with van der Waals surface area (Å²) in [5.41, 5.74) is 1.02. The second kappa shape index (κ2) is 1.94. The predicted molar refractivity (Wildman–Crippen MR) is 34.2 cm³/mol. The summed E-state index contributed by atoms with van der Waals surface area (Å²) in [6.07, 6.45) is 0. The Bertz CT molecular complexity index is 175. The van der Waals surface area contributed by atoms with Gasteiger partial charge in [0.25, 0.3) is 0 Å². The van der Waals surface area contributed by atoms with Crippen molar-refractivity contribution in [3.63, 3.8) is 0 Å². The number of aromatic nitrogens is 1. The van der Waals surface area contributed by atoms with Crippen LogP contribution < -0.4 is 4.35 Å². The monoisotopic (exact) mass is 173 g/mol. The van der Waals surface area contributed by atoms with Crippen LogP contribution in [0.3, 0.4) is 0 Å². The topological polar surface area (TPSA) is 26.0 Å². The van der Waals surface area contributed by atoms with E-state index in [0.29, 0.717) is 0 Å². The van der Waals surface area contributed by atoms with E-state index in [1.807, 2.05) is 13.8 Å². The number of nitrogens with zero attached hydrogens (tertiary/aromatic N) is 1. The van der Waals surface area contributed by atoms with E-state index in [-0.39, 0.29) is 0 Å². The van der Waals surface area contributed by atoms with Gasteiger partial charge in [-0.2, -0.15) is 0 Å². The third-order valence-corrected chi connectivity index (χ3v) is 2.82. The van der Waals surface area contributed by atoms with Crippen molar-refractivity contribution in [3.05, 3.63) is 11.5 Å². The zero-order chi connectivity index (χ0) is 6.15. The third-order valence-electron chi connectivity index (χ3n) is 1.09. The molecule has 1 aromatic rings. The molecular formula is C5H8AsNO. The van der Waals surface area contributed by atoms with E-state index < -0.39 is 0 Å². The third kappa shape index (κ3) is 0.805. The molecule has 0 aliphatic rings. The van der Waals surface area contributed by atoms with Crippen LogP contribution in [0.1, 0.15) is 11.5 Å². The minimum atomic E-state index is 0.947. The van der Waals surface area contributed by atoms with E-state index in [1.54, 1.807) is 16.9 Å². The molecule has 0 radical (unpaired) electrons. The Morgan fingerprint density at radius 2 is 2.12 bits per heavy atom. The van der Waals surface area contributed by atoms with Crippen LogP contribution in [0, 0.1) is 13.8 Å². The molecule has 44 valence electrons. The van der Waals surface area contributed by atoms with Gasteiger partial charge in [0.1, 0.15) is 0 Å². The molecule has 8 heavy (non-hydrogen) atoms. The van der Waals surface area contributed by atoms with Crippen LogP contribution in [0.2, 0.25) is 0 Å². The molecule has 1 heterocycles. The summed E-state index contributed by atoms with van der Waals surface area (Å²) in [6, 6.07) is 0. The fraction of sp³-hybridized carbons (Fsp3) is 0.400. The van der Waals surface area contributed by atoms with Gasteiger partial charge in [0.15, 0.2) is 0 Å². The number of rotatable bonds is 0. The van der Waals surface area contributed by atoms with E-state index in [9.17, 15) is 0 Å². The standard InChI is InChI=1S/C5H8AsNO/c1-3-5(6)4(2)8-7-3/h6H2,1-2H3. The summed E-state index contributed by atoms with van der Waals surface area (Å²) in [5, 5.41) is 3.76. The zero-order valence-electron chi connectivity index (χ0n) is 4.93. The van der Waals surface area contributed by atoms with Crippen molar-refractivity contribution in [2.24, 2.45) is 0 Å².